The predicted molar refractivity (Wildman–Crippen MR) is 66.4 cm³/mol. The molecule has 1 heterocycles. The molecule has 1 N–H and O–H groups in total. The first-order valence-corrected chi connectivity index (χ1v) is 6.07. The third kappa shape index (κ3) is 2.01. The molecule has 2 rings (SSSR count). The Labute approximate surface area is 98.9 Å². The lowest BCUT2D eigenvalue weighted by atomic mass is 10.0. The number of rotatable bonds is 3. The molecule has 1 atom stereocenters. The number of hydrogen-bond donors (Lipinski definition) is 1. The molecule has 1 nitrogen and oxygen atoms in total. The van der Waals surface area contributed by atoms with Crippen LogP contribution in [0.25, 0.3) is 0 Å². The zero-order valence-corrected chi connectivity index (χ0v) is 10.1. The molecule has 16 heavy (non-hydrogen) atoms. The molecule has 1 aromatic heterocycles. The fraction of sp³-hybridized carbons (Fsp3) is 0.231. The zero-order valence-electron chi connectivity index (χ0n) is 9.33. The third-order valence-corrected chi connectivity index (χ3v) is 3.59. The summed E-state index contributed by atoms with van der Waals surface area (Å²) in [5, 5.41) is 5.17. The summed E-state index contributed by atoms with van der Waals surface area (Å²) in [6.45, 7) is 1.79. The Morgan fingerprint density at radius 3 is 2.69 bits per heavy atom. The van der Waals surface area contributed by atoms with Gasteiger partial charge in [-0.3, -0.25) is 0 Å². The highest BCUT2D eigenvalue weighted by Crippen LogP contribution is 2.28. The summed E-state index contributed by atoms with van der Waals surface area (Å²) in [5.41, 5.74) is 1.40. The lowest BCUT2D eigenvalue weighted by Crippen LogP contribution is -2.18. The van der Waals surface area contributed by atoms with E-state index in [-0.39, 0.29) is 11.9 Å². The number of halogens is 1. The van der Waals surface area contributed by atoms with Gasteiger partial charge in [-0.2, -0.15) is 0 Å². The summed E-state index contributed by atoms with van der Waals surface area (Å²) in [6.07, 6.45) is 0. The van der Waals surface area contributed by atoms with Crippen LogP contribution in [-0.2, 0) is 0 Å². The van der Waals surface area contributed by atoms with Gasteiger partial charge in [0.1, 0.15) is 5.82 Å². The minimum Gasteiger partial charge on any atom is -0.309 e. The largest absolute Gasteiger partial charge is 0.309 e. The summed E-state index contributed by atoms with van der Waals surface area (Å²) in [6, 6.07) is 9.47. The van der Waals surface area contributed by atoms with E-state index in [1.807, 2.05) is 36.7 Å². The van der Waals surface area contributed by atoms with Crippen LogP contribution in [0.1, 0.15) is 22.0 Å². The molecule has 2 aromatic rings. The van der Waals surface area contributed by atoms with Crippen LogP contribution in [-0.4, -0.2) is 7.05 Å². The lowest BCUT2D eigenvalue weighted by molar-refractivity contribution is 0.572. The van der Waals surface area contributed by atoms with Crippen molar-refractivity contribution in [3.8, 4) is 0 Å². The minimum absolute atomic E-state index is 0.0556. The molecule has 0 aliphatic carbocycles. The summed E-state index contributed by atoms with van der Waals surface area (Å²) >= 11 is 1.64. The molecule has 3 heteroatoms. The molecule has 0 fully saturated rings. The van der Waals surface area contributed by atoms with E-state index < -0.39 is 0 Å². The summed E-state index contributed by atoms with van der Waals surface area (Å²) in [7, 11) is 1.85. The molecular formula is C13H14FNS. The van der Waals surface area contributed by atoms with Crippen molar-refractivity contribution in [2.45, 2.75) is 13.0 Å². The number of benzene rings is 1. The van der Waals surface area contributed by atoms with Gasteiger partial charge in [0, 0.05) is 10.4 Å². The first-order valence-electron chi connectivity index (χ1n) is 5.19. The van der Waals surface area contributed by atoms with Crippen LogP contribution in [0.4, 0.5) is 4.39 Å². The molecule has 0 saturated carbocycles. The van der Waals surface area contributed by atoms with Crippen molar-refractivity contribution < 1.29 is 4.39 Å². The number of aryl methyl sites for hydroxylation is 1. The topological polar surface area (TPSA) is 12.0 Å². The molecule has 84 valence electrons. The average molecular weight is 235 g/mol. The molecule has 0 spiro atoms. The molecule has 0 bridgehead atoms. The van der Waals surface area contributed by atoms with Gasteiger partial charge in [0.2, 0.25) is 0 Å². The fourth-order valence-electron chi connectivity index (χ4n) is 1.80. The maximum absolute atomic E-state index is 14.0. The number of nitrogens with one attached hydrogen (secondary N) is 1. The van der Waals surface area contributed by atoms with E-state index >= 15 is 0 Å². The Hall–Kier alpha value is -1.19. The number of thiophene rings is 1. The van der Waals surface area contributed by atoms with Crippen molar-refractivity contribution in [3.05, 3.63) is 57.5 Å². The third-order valence-electron chi connectivity index (χ3n) is 2.65. The van der Waals surface area contributed by atoms with Gasteiger partial charge in [-0.1, -0.05) is 24.3 Å². The standard InChI is InChI=1S/C13H14FNS/c1-9-5-3-6-10(12(9)14)13(15-2)11-7-4-8-16-11/h3-8,13,15H,1-2H3. The first kappa shape index (κ1) is 11.3. The molecule has 1 aromatic carbocycles. The smallest absolute Gasteiger partial charge is 0.131 e. The van der Waals surface area contributed by atoms with Gasteiger partial charge in [0.05, 0.1) is 6.04 Å². The highest BCUT2D eigenvalue weighted by Gasteiger charge is 2.17. The average Bonchev–Trinajstić information content (AvgIpc) is 2.79. The van der Waals surface area contributed by atoms with Crippen molar-refractivity contribution in [2.75, 3.05) is 7.05 Å². The van der Waals surface area contributed by atoms with Crippen molar-refractivity contribution in [1.29, 1.82) is 0 Å². The van der Waals surface area contributed by atoms with Crippen LogP contribution >= 0.6 is 11.3 Å². The second kappa shape index (κ2) is 4.76. The van der Waals surface area contributed by atoms with Gasteiger partial charge in [0.15, 0.2) is 0 Å². The zero-order chi connectivity index (χ0) is 11.5. The van der Waals surface area contributed by atoms with Crippen LogP contribution < -0.4 is 5.32 Å². The normalized spacial score (nSPS) is 12.7. The Morgan fingerprint density at radius 1 is 1.25 bits per heavy atom. The highest BCUT2D eigenvalue weighted by molar-refractivity contribution is 7.10. The SMILES string of the molecule is CNC(c1cccs1)c1cccc(C)c1F. The minimum atomic E-state index is -0.116. The van der Waals surface area contributed by atoms with Crippen molar-refractivity contribution >= 4 is 11.3 Å². The Kier molecular flexibility index (Phi) is 3.36. The van der Waals surface area contributed by atoms with Crippen LogP contribution in [0, 0.1) is 12.7 Å². The van der Waals surface area contributed by atoms with E-state index in [0.29, 0.717) is 11.1 Å². The summed E-state index contributed by atoms with van der Waals surface area (Å²) in [5.74, 6) is -0.116. The molecule has 0 amide bonds. The predicted octanol–water partition coefficient (Wildman–Crippen LogP) is 3.50. The Bertz CT molecular complexity index is 465. The van der Waals surface area contributed by atoms with Crippen molar-refractivity contribution in [1.82, 2.24) is 5.32 Å². The molecule has 1 unspecified atom stereocenters. The Balaban J connectivity index is 2.45. The van der Waals surface area contributed by atoms with Crippen LogP contribution in [0.5, 0.6) is 0 Å². The quantitative estimate of drug-likeness (QED) is 0.858. The van der Waals surface area contributed by atoms with Crippen LogP contribution in [0.2, 0.25) is 0 Å². The van der Waals surface area contributed by atoms with Gasteiger partial charge >= 0.3 is 0 Å². The molecular weight excluding hydrogens is 221 g/mol. The second-order valence-electron chi connectivity index (χ2n) is 3.72. The molecule has 0 saturated heterocycles. The van der Waals surface area contributed by atoms with E-state index in [0.717, 1.165) is 4.88 Å². The summed E-state index contributed by atoms with van der Waals surface area (Å²) in [4.78, 5) is 1.13. The van der Waals surface area contributed by atoms with E-state index in [1.54, 1.807) is 24.3 Å². The van der Waals surface area contributed by atoms with Gasteiger partial charge in [-0.15, -0.1) is 11.3 Å². The van der Waals surface area contributed by atoms with E-state index in [9.17, 15) is 4.39 Å². The van der Waals surface area contributed by atoms with Gasteiger partial charge in [-0.25, -0.2) is 4.39 Å². The lowest BCUT2D eigenvalue weighted by Gasteiger charge is -2.16. The van der Waals surface area contributed by atoms with Crippen molar-refractivity contribution in [2.24, 2.45) is 0 Å². The van der Waals surface area contributed by atoms with Gasteiger partial charge in [0.25, 0.3) is 0 Å². The maximum atomic E-state index is 14.0. The van der Waals surface area contributed by atoms with Crippen molar-refractivity contribution in [3.63, 3.8) is 0 Å². The number of hydrogen-bond acceptors (Lipinski definition) is 2. The van der Waals surface area contributed by atoms with Gasteiger partial charge < -0.3 is 5.32 Å². The highest BCUT2D eigenvalue weighted by atomic mass is 32.1. The monoisotopic (exact) mass is 235 g/mol. The summed E-state index contributed by atoms with van der Waals surface area (Å²) < 4.78 is 14.0. The molecule has 0 aliphatic rings. The molecule has 0 aliphatic heterocycles. The van der Waals surface area contributed by atoms with E-state index in [2.05, 4.69) is 5.32 Å². The van der Waals surface area contributed by atoms with Gasteiger partial charge in [-0.05, 0) is 31.0 Å². The van der Waals surface area contributed by atoms with E-state index in [4.69, 9.17) is 0 Å². The van der Waals surface area contributed by atoms with Crippen LogP contribution in [0.15, 0.2) is 35.7 Å². The molecule has 0 radical (unpaired) electrons. The van der Waals surface area contributed by atoms with E-state index in [1.165, 1.54) is 0 Å². The second-order valence-corrected chi connectivity index (χ2v) is 4.69. The Morgan fingerprint density at radius 2 is 2.06 bits per heavy atom. The maximum Gasteiger partial charge on any atom is 0.131 e. The fourth-order valence-corrected chi connectivity index (χ4v) is 2.65. The first-order chi connectivity index (χ1) is 7.74. The van der Waals surface area contributed by atoms with Crippen LogP contribution in [0.3, 0.4) is 0 Å².